The Kier molecular flexibility index (Phi) is 6.08. The molecular weight excluding hydrogens is 434 g/mol. The molecule has 3 aromatic rings. The van der Waals surface area contributed by atoms with Gasteiger partial charge in [0.15, 0.2) is 0 Å². The van der Waals surface area contributed by atoms with Crippen LogP contribution in [0.4, 0.5) is 0 Å². The molecule has 0 N–H and O–H groups in total. The van der Waals surface area contributed by atoms with Crippen LogP contribution in [0.2, 0.25) is 0 Å². The third-order valence-electron chi connectivity index (χ3n) is 5.24. The molecule has 1 aliphatic rings. The van der Waals surface area contributed by atoms with Gasteiger partial charge in [0.1, 0.15) is 16.5 Å². The molecule has 1 amide bonds. The molecule has 162 valence electrons. The van der Waals surface area contributed by atoms with E-state index in [2.05, 4.69) is 4.98 Å². The van der Waals surface area contributed by atoms with Crippen molar-refractivity contribution in [3.8, 4) is 16.3 Å². The standard InChI is InChI=1S/C22H23N3O4S2/c1-16-3-9-19(10-4-16)31(27,28)25-13-11-24(12-14-25)22(26)20-15-30-21(23-20)17-5-7-18(29-2)8-6-17/h3-10,15H,11-14H2,1-2H3. The minimum Gasteiger partial charge on any atom is -0.497 e. The summed E-state index contributed by atoms with van der Waals surface area (Å²) in [6.45, 7) is 3.10. The van der Waals surface area contributed by atoms with Gasteiger partial charge < -0.3 is 9.64 Å². The molecule has 0 aliphatic carbocycles. The minimum absolute atomic E-state index is 0.177. The highest BCUT2D eigenvalue weighted by Gasteiger charge is 2.31. The molecule has 0 atom stereocenters. The van der Waals surface area contributed by atoms with Crippen LogP contribution in [0.15, 0.2) is 58.8 Å². The monoisotopic (exact) mass is 457 g/mol. The van der Waals surface area contributed by atoms with Gasteiger partial charge in [-0.15, -0.1) is 11.3 Å². The summed E-state index contributed by atoms with van der Waals surface area (Å²) in [5, 5.41) is 2.50. The molecular formula is C22H23N3O4S2. The van der Waals surface area contributed by atoms with Crippen LogP contribution in [-0.2, 0) is 10.0 Å². The van der Waals surface area contributed by atoms with E-state index in [0.717, 1.165) is 21.9 Å². The molecule has 7 nitrogen and oxygen atoms in total. The first-order chi connectivity index (χ1) is 14.9. The van der Waals surface area contributed by atoms with Gasteiger partial charge in [-0.05, 0) is 43.3 Å². The van der Waals surface area contributed by atoms with Gasteiger partial charge >= 0.3 is 0 Å². The molecule has 2 aromatic carbocycles. The second kappa shape index (κ2) is 8.78. The van der Waals surface area contributed by atoms with Crippen molar-refractivity contribution in [3.05, 3.63) is 65.2 Å². The van der Waals surface area contributed by atoms with E-state index in [1.807, 2.05) is 31.2 Å². The van der Waals surface area contributed by atoms with Gasteiger partial charge in [0.2, 0.25) is 10.0 Å². The Morgan fingerprint density at radius 2 is 1.65 bits per heavy atom. The number of aryl methyl sites for hydroxylation is 1. The van der Waals surface area contributed by atoms with E-state index in [4.69, 9.17) is 4.74 Å². The molecule has 0 unspecified atom stereocenters. The fraction of sp³-hybridized carbons (Fsp3) is 0.273. The average molecular weight is 458 g/mol. The van der Waals surface area contributed by atoms with E-state index in [9.17, 15) is 13.2 Å². The molecule has 0 saturated carbocycles. The maximum Gasteiger partial charge on any atom is 0.273 e. The zero-order valence-electron chi connectivity index (χ0n) is 17.3. The number of sulfonamides is 1. The molecule has 0 radical (unpaired) electrons. The second-order valence-electron chi connectivity index (χ2n) is 7.28. The Hall–Kier alpha value is -2.75. The Morgan fingerprint density at radius 1 is 1.00 bits per heavy atom. The summed E-state index contributed by atoms with van der Waals surface area (Å²) in [6.07, 6.45) is 0. The SMILES string of the molecule is COc1ccc(-c2nc(C(=O)N3CCN(S(=O)(=O)c4ccc(C)cc4)CC3)cs2)cc1. The lowest BCUT2D eigenvalue weighted by Crippen LogP contribution is -2.50. The van der Waals surface area contributed by atoms with Crippen molar-refractivity contribution in [2.45, 2.75) is 11.8 Å². The number of aromatic nitrogens is 1. The summed E-state index contributed by atoms with van der Waals surface area (Å²) in [5.74, 6) is 0.582. The smallest absolute Gasteiger partial charge is 0.273 e. The van der Waals surface area contributed by atoms with Crippen LogP contribution in [0.5, 0.6) is 5.75 Å². The quantitative estimate of drug-likeness (QED) is 0.588. The van der Waals surface area contributed by atoms with E-state index in [1.165, 1.54) is 15.6 Å². The van der Waals surface area contributed by atoms with Crippen LogP contribution in [0.1, 0.15) is 16.1 Å². The molecule has 1 aliphatic heterocycles. The molecule has 1 aromatic heterocycles. The predicted octanol–water partition coefficient (Wildman–Crippen LogP) is 3.27. The zero-order valence-corrected chi connectivity index (χ0v) is 18.9. The predicted molar refractivity (Wildman–Crippen MR) is 120 cm³/mol. The van der Waals surface area contributed by atoms with Gasteiger partial charge in [0.05, 0.1) is 12.0 Å². The van der Waals surface area contributed by atoms with Crippen LogP contribution in [0, 0.1) is 6.92 Å². The highest BCUT2D eigenvalue weighted by molar-refractivity contribution is 7.89. The Morgan fingerprint density at radius 3 is 2.26 bits per heavy atom. The third-order valence-corrected chi connectivity index (χ3v) is 8.05. The number of amides is 1. The molecule has 4 rings (SSSR count). The average Bonchev–Trinajstić information content (AvgIpc) is 3.29. The topological polar surface area (TPSA) is 79.8 Å². The van der Waals surface area contributed by atoms with Crippen molar-refractivity contribution in [3.63, 3.8) is 0 Å². The highest BCUT2D eigenvalue weighted by atomic mass is 32.2. The number of methoxy groups -OCH3 is 1. The first-order valence-electron chi connectivity index (χ1n) is 9.84. The number of hydrogen-bond acceptors (Lipinski definition) is 6. The van der Waals surface area contributed by atoms with Crippen LogP contribution < -0.4 is 4.74 Å². The number of rotatable bonds is 5. The van der Waals surface area contributed by atoms with E-state index < -0.39 is 10.0 Å². The number of carbonyl (C=O) groups is 1. The van der Waals surface area contributed by atoms with Crippen LogP contribution in [0.25, 0.3) is 10.6 Å². The third kappa shape index (κ3) is 4.48. The largest absolute Gasteiger partial charge is 0.497 e. The van der Waals surface area contributed by atoms with Crippen molar-refractivity contribution >= 4 is 27.3 Å². The Labute approximate surface area is 186 Å². The fourth-order valence-electron chi connectivity index (χ4n) is 3.39. The van der Waals surface area contributed by atoms with Crippen molar-refractivity contribution in [2.75, 3.05) is 33.3 Å². The number of ether oxygens (including phenoxy) is 1. The zero-order chi connectivity index (χ0) is 22.0. The number of carbonyl (C=O) groups excluding carboxylic acids is 1. The van der Waals surface area contributed by atoms with Crippen LogP contribution in [-0.4, -0.2) is 61.8 Å². The fourth-order valence-corrected chi connectivity index (χ4v) is 5.61. The number of nitrogens with zero attached hydrogens (tertiary/aromatic N) is 3. The van der Waals surface area contributed by atoms with E-state index in [0.29, 0.717) is 18.8 Å². The van der Waals surface area contributed by atoms with Crippen molar-refractivity contribution in [1.29, 1.82) is 0 Å². The Balaban J connectivity index is 1.41. The van der Waals surface area contributed by atoms with Crippen molar-refractivity contribution < 1.29 is 17.9 Å². The summed E-state index contributed by atoms with van der Waals surface area (Å²) in [6, 6.07) is 14.3. The van der Waals surface area contributed by atoms with Gasteiger partial charge in [-0.25, -0.2) is 13.4 Å². The maximum atomic E-state index is 12.9. The van der Waals surface area contributed by atoms with Crippen molar-refractivity contribution in [2.24, 2.45) is 0 Å². The molecule has 2 heterocycles. The van der Waals surface area contributed by atoms with E-state index in [-0.39, 0.29) is 23.9 Å². The summed E-state index contributed by atoms with van der Waals surface area (Å²) in [5.41, 5.74) is 2.30. The first kappa shape index (κ1) is 21.5. The van der Waals surface area contributed by atoms with E-state index in [1.54, 1.807) is 41.7 Å². The molecule has 1 saturated heterocycles. The summed E-state index contributed by atoms with van der Waals surface area (Å²) in [4.78, 5) is 19.3. The highest BCUT2D eigenvalue weighted by Crippen LogP contribution is 2.26. The molecule has 9 heteroatoms. The van der Waals surface area contributed by atoms with Gasteiger partial charge in [0.25, 0.3) is 5.91 Å². The normalized spacial score (nSPS) is 15.1. The summed E-state index contributed by atoms with van der Waals surface area (Å²) >= 11 is 1.41. The lowest BCUT2D eigenvalue weighted by atomic mass is 10.2. The van der Waals surface area contributed by atoms with Gasteiger partial charge in [-0.2, -0.15) is 4.31 Å². The van der Waals surface area contributed by atoms with Crippen LogP contribution >= 0.6 is 11.3 Å². The second-order valence-corrected chi connectivity index (χ2v) is 10.1. The molecule has 1 fully saturated rings. The number of hydrogen-bond donors (Lipinski definition) is 0. The summed E-state index contributed by atoms with van der Waals surface area (Å²) in [7, 11) is -1.95. The van der Waals surface area contributed by atoms with Gasteiger partial charge in [-0.3, -0.25) is 4.79 Å². The summed E-state index contributed by atoms with van der Waals surface area (Å²) < 4.78 is 32.3. The lowest BCUT2D eigenvalue weighted by molar-refractivity contribution is 0.0693. The molecule has 0 spiro atoms. The molecule has 0 bridgehead atoms. The van der Waals surface area contributed by atoms with Crippen LogP contribution in [0.3, 0.4) is 0 Å². The van der Waals surface area contributed by atoms with Crippen molar-refractivity contribution in [1.82, 2.24) is 14.2 Å². The Bertz CT molecular complexity index is 1160. The van der Waals surface area contributed by atoms with Gasteiger partial charge in [-0.1, -0.05) is 17.7 Å². The van der Waals surface area contributed by atoms with E-state index >= 15 is 0 Å². The number of thiazole rings is 1. The number of piperazine rings is 1. The number of benzene rings is 2. The van der Waals surface area contributed by atoms with Gasteiger partial charge in [0, 0.05) is 37.1 Å². The maximum absolute atomic E-state index is 12.9. The molecule has 31 heavy (non-hydrogen) atoms. The minimum atomic E-state index is -3.56. The first-order valence-corrected chi connectivity index (χ1v) is 12.2. The lowest BCUT2D eigenvalue weighted by Gasteiger charge is -2.33.